The van der Waals surface area contributed by atoms with Gasteiger partial charge < -0.3 is 15.5 Å². The molecule has 13 heteroatoms. The monoisotopic (exact) mass is 530 g/mol. The zero-order valence-electron chi connectivity index (χ0n) is 19.9. The van der Waals surface area contributed by atoms with Crippen molar-refractivity contribution in [3.63, 3.8) is 0 Å². The van der Waals surface area contributed by atoms with E-state index in [0.29, 0.717) is 38.9 Å². The minimum Gasteiger partial charge on any atom is -0.354 e. The first-order chi connectivity index (χ1) is 17.3. The third kappa shape index (κ3) is 6.46. The fraction of sp³-hybridized carbons (Fsp3) is 0.348. The summed E-state index contributed by atoms with van der Waals surface area (Å²) in [6, 6.07) is 7.30. The largest absolute Gasteiger partial charge is 0.354 e. The standard InChI is InChI=1S/C23H27ClN8O3S/c1-14-4-3-5-16(24)21(14)29-22(34)17-13-25-23(36-17)28-18-12-19(27-15(2)26-18)32-10-8-31(9-11-32)7-6-20(33)30-35/h3-5,12-13,35H,6-11H2,1-2H3,(H,29,34)(H,30,33)(H,25,26,27,28). The number of piperazine rings is 1. The number of aromatic nitrogens is 3. The molecule has 3 aromatic rings. The number of carbonyl (C=O) groups excluding carboxylic acids is 2. The molecule has 0 radical (unpaired) electrons. The van der Waals surface area contributed by atoms with Crippen LogP contribution in [0.5, 0.6) is 0 Å². The van der Waals surface area contributed by atoms with Gasteiger partial charge in [-0.15, -0.1) is 0 Å². The van der Waals surface area contributed by atoms with Gasteiger partial charge in [0.05, 0.1) is 16.9 Å². The quantitative estimate of drug-likeness (QED) is 0.255. The molecule has 1 fully saturated rings. The second-order valence-electron chi connectivity index (χ2n) is 8.31. The topological polar surface area (TPSA) is 136 Å². The Hall–Kier alpha value is -3.32. The number of anilines is 4. The van der Waals surface area contributed by atoms with E-state index < -0.39 is 0 Å². The van der Waals surface area contributed by atoms with Crippen molar-refractivity contribution in [3.8, 4) is 0 Å². The molecule has 0 spiro atoms. The van der Waals surface area contributed by atoms with Gasteiger partial charge in [0.15, 0.2) is 5.13 Å². The number of hydrogen-bond acceptors (Lipinski definition) is 10. The predicted molar refractivity (Wildman–Crippen MR) is 140 cm³/mol. The molecule has 0 aliphatic carbocycles. The minimum atomic E-state index is -0.388. The number of thiazole rings is 1. The van der Waals surface area contributed by atoms with Gasteiger partial charge in [0.2, 0.25) is 5.91 Å². The molecule has 1 saturated heterocycles. The van der Waals surface area contributed by atoms with Crippen LogP contribution in [0.2, 0.25) is 5.02 Å². The van der Waals surface area contributed by atoms with Gasteiger partial charge in [0, 0.05) is 45.2 Å². The lowest BCUT2D eigenvalue weighted by Gasteiger charge is -2.35. The number of hydrogen-bond donors (Lipinski definition) is 4. The Morgan fingerprint density at radius 2 is 1.94 bits per heavy atom. The molecular weight excluding hydrogens is 504 g/mol. The molecule has 1 aliphatic rings. The summed E-state index contributed by atoms with van der Waals surface area (Å²) < 4.78 is 0. The van der Waals surface area contributed by atoms with Crippen LogP contribution in [0.3, 0.4) is 0 Å². The van der Waals surface area contributed by atoms with E-state index in [1.54, 1.807) is 11.5 Å². The van der Waals surface area contributed by atoms with Crippen LogP contribution < -0.4 is 21.0 Å². The first kappa shape index (κ1) is 25.8. The summed E-state index contributed by atoms with van der Waals surface area (Å²) in [4.78, 5) is 42.1. The average molecular weight is 531 g/mol. The van der Waals surface area contributed by atoms with Gasteiger partial charge in [-0.1, -0.05) is 35.1 Å². The number of hydroxylamine groups is 1. The fourth-order valence-electron chi connectivity index (χ4n) is 3.81. The van der Waals surface area contributed by atoms with Crippen molar-refractivity contribution < 1.29 is 14.8 Å². The van der Waals surface area contributed by atoms with Gasteiger partial charge in [-0.3, -0.25) is 19.7 Å². The van der Waals surface area contributed by atoms with Crippen LogP contribution in [-0.4, -0.2) is 69.6 Å². The number of aryl methyl sites for hydroxylation is 2. The number of nitrogens with zero attached hydrogens (tertiary/aromatic N) is 5. The van der Waals surface area contributed by atoms with Gasteiger partial charge in [0.25, 0.3) is 5.91 Å². The first-order valence-corrected chi connectivity index (χ1v) is 12.6. The van der Waals surface area contributed by atoms with Crippen molar-refractivity contribution in [1.82, 2.24) is 25.3 Å². The van der Waals surface area contributed by atoms with Crippen molar-refractivity contribution >= 4 is 57.2 Å². The van der Waals surface area contributed by atoms with Crippen LogP contribution in [-0.2, 0) is 4.79 Å². The number of nitrogens with one attached hydrogen (secondary N) is 3. The molecule has 0 bridgehead atoms. The van der Waals surface area contributed by atoms with E-state index in [9.17, 15) is 9.59 Å². The third-order valence-electron chi connectivity index (χ3n) is 5.73. The molecule has 4 N–H and O–H groups in total. The predicted octanol–water partition coefficient (Wildman–Crippen LogP) is 3.22. The fourth-order valence-corrected chi connectivity index (χ4v) is 4.79. The second-order valence-corrected chi connectivity index (χ2v) is 9.75. The van der Waals surface area contributed by atoms with Crippen LogP contribution in [0.1, 0.15) is 27.5 Å². The Labute approximate surface area is 217 Å². The Balaban J connectivity index is 1.38. The number of rotatable bonds is 8. The highest BCUT2D eigenvalue weighted by atomic mass is 35.5. The number of carbonyl (C=O) groups is 2. The molecule has 36 heavy (non-hydrogen) atoms. The molecule has 1 aromatic carbocycles. The van der Waals surface area contributed by atoms with E-state index in [1.165, 1.54) is 17.5 Å². The number of para-hydroxylation sites is 1. The van der Waals surface area contributed by atoms with Crippen molar-refractivity contribution in [3.05, 3.63) is 51.7 Å². The van der Waals surface area contributed by atoms with Crippen LogP contribution in [0, 0.1) is 13.8 Å². The summed E-state index contributed by atoms with van der Waals surface area (Å²) in [6.07, 6.45) is 1.77. The maximum atomic E-state index is 12.7. The summed E-state index contributed by atoms with van der Waals surface area (Å²) in [6.45, 7) is 7.35. The smallest absolute Gasteiger partial charge is 0.267 e. The van der Waals surface area contributed by atoms with Crippen LogP contribution >= 0.6 is 22.9 Å². The molecule has 0 unspecified atom stereocenters. The first-order valence-electron chi connectivity index (χ1n) is 11.4. The normalized spacial score (nSPS) is 13.9. The number of amides is 2. The maximum Gasteiger partial charge on any atom is 0.267 e. The molecule has 190 valence electrons. The highest BCUT2D eigenvalue weighted by Gasteiger charge is 2.20. The average Bonchev–Trinajstić information content (AvgIpc) is 3.33. The van der Waals surface area contributed by atoms with E-state index in [4.69, 9.17) is 16.8 Å². The van der Waals surface area contributed by atoms with E-state index in [1.807, 2.05) is 32.0 Å². The van der Waals surface area contributed by atoms with Gasteiger partial charge in [-0.25, -0.2) is 20.4 Å². The van der Waals surface area contributed by atoms with Gasteiger partial charge in [0.1, 0.15) is 22.3 Å². The Morgan fingerprint density at radius 3 is 2.67 bits per heavy atom. The summed E-state index contributed by atoms with van der Waals surface area (Å²) in [5.41, 5.74) is 3.12. The minimum absolute atomic E-state index is 0.253. The van der Waals surface area contributed by atoms with Gasteiger partial charge in [-0.05, 0) is 25.5 Å². The van der Waals surface area contributed by atoms with E-state index in [2.05, 4.69) is 35.4 Å². The molecule has 3 heterocycles. The Bertz CT molecular complexity index is 1230. The SMILES string of the molecule is Cc1nc(Nc2ncc(C(=O)Nc3c(C)cccc3Cl)s2)cc(N2CCN(CCC(=O)NO)CC2)n1. The van der Waals surface area contributed by atoms with E-state index >= 15 is 0 Å². The molecule has 2 amide bonds. The zero-order chi connectivity index (χ0) is 25.7. The summed E-state index contributed by atoms with van der Waals surface area (Å²) in [7, 11) is 0. The highest BCUT2D eigenvalue weighted by Crippen LogP contribution is 2.28. The third-order valence-corrected chi connectivity index (χ3v) is 6.95. The lowest BCUT2D eigenvalue weighted by Crippen LogP contribution is -2.47. The van der Waals surface area contributed by atoms with Crippen LogP contribution in [0.4, 0.5) is 22.5 Å². The lowest BCUT2D eigenvalue weighted by molar-refractivity contribution is -0.129. The molecule has 1 aliphatic heterocycles. The summed E-state index contributed by atoms with van der Waals surface area (Å²) in [5, 5.41) is 15.7. The van der Waals surface area contributed by atoms with Gasteiger partial charge >= 0.3 is 0 Å². The molecule has 2 aromatic heterocycles. The van der Waals surface area contributed by atoms with Crippen molar-refractivity contribution in [1.29, 1.82) is 0 Å². The maximum absolute atomic E-state index is 12.7. The summed E-state index contributed by atoms with van der Waals surface area (Å²) in [5.74, 6) is 1.32. The summed E-state index contributed by atoms with van der Waals surface area (Å²) >= 11 is 7.44. The second kappa shape index (κ2) is 11.6. The van der Waals surface area contributed by atoms with E-state index in [-0.39, 0.29) is 18.2 Å². The molecule has 0 saturated carbocycles. The molecular formula is C23H27ClN8O3S. The van der Waals surface area contributed by atoms with Gasteiger partial charge in [-0.2, -0.15) is 0 Å². The van der Waals surface area contributed by atoms with Crippen molar-refractivity contribution in [2.45, 2.75) is 20.3 Å². The lowest BCUT2D eigenvalue weighted by atomic mass is 10.2. The Morgan fingerprint density at radius 1 is 1.17 bits per heavy atom. The van der Waals surface area contributed by atoms with Crippen molar-refractivity contribution in [2.75, 3.05) is 48.3 Å². The number of halogens is 1. The van der Waals surface area contributed by atoms with E-state index in [0.717, 1.165) is 37.6 Å². The highest BCUT2D eigenvalue weighted by molar-refractivity contribution is 7.17. The molecule has 11 nitrogen and oxygen atoms in total. The number of benzene rings is 1. The molecule has 0 atom stereocenters. The van der Waals surface area contributed by atoms with Crippen LogP contribution in [0.15, 0.2) is 30.5 Å². The van der Waals surface area contributed by atoms with Crippen LogP contribution in [0.25, 0.3) is 0 Å². The Kier molecular flexibility index (Phi) is 8.31. The molecule has 4 rings (SSSR count). The zero-order valence-corrected chi connectivity index (χ0v) is 21.5. The van der Waals surface area contributed by atoms with Crippen molar-refractivity contribution in [2.24, 2.45) is 0 Å².